The average Bonchev–Trinajstić information content (AvgIpc) is 3.11. The van der Waals surface area contributed by atoms with E-state index < -0.39 is 0 Å². The molecule has 0 bridgehead atoms. The molecular weight excluding hydrogens is 372 g/mol. The molecule has 1 aromatic carbocycles. The largest absolute Gasteiger partial charge is 0.355 e. The second-order valence-corrected chi connectivity index (χ2v) is 6.48. The molecule has 2 aromatic rings. The van der Waals surface area contributed by atoms with Gasteiger partial charge in [-0.2, -0.15) is 5.10 Å². The Kier molecular flexibility index (Phi) is 7.50. The molecule has 1 N–H and O–H groups in total. The molecule has 1 aromatic heterocycles. The molecule has 0 atom stereocenters. The molecule has 136 valence electrons. The van der Waals surface area contributed by atoms with Crippen LogP contribution in [0.25, 0.3) is 11.3 Å². The van der Waals surface area contributed by atoms with Gasteiger partial charge in [-0.3, -0.25) is 9.59 Å². The number of hydrogen-bond acceptors (Lipinski definition) is 5. The maximum Gasteiger partial charge on any atom is 0.241 e. The van der Waals surface area contributed by atoms with Gasteiger partial charge in [0, 0.05) is 22.5 Å². The van der Waals surface area contributed by atoms with Gasteiger partial charge >= 0.3 is 0 Å². The van der Waals surface area contributed by atoms with Crippen LogP contribution in [0.15, 0.2) is 46.9 Å². The zero-order valence-electron chi connectivity index (χ0n) is 14.5. The van der Waals surface area contributed by atoms with Crippen LogP contribution in [0, 0.1) is 0 Å². The maximum atomic E-state index is 11.7. The molecule has 0 aliphatic carbocycles. The summed E-state index contributed by atoms with van der Waals surface area (Å²) in [6, 6.07) is 7.41. The Morgan fingerprint density at radius 2 is 2.27 bits per heavy atom. The topological polar surface area (TPSA) is 74.7 Å². The van der Waals surface area contributed by atoms with Crippen LogP contribution in [-0.2, 0) is 9.59 Å². The van der Waals surface area contributed by atoms with E-state index in [9.17, 15) is 9.59 Å². The summed E-state index contributed by atoms with van der Waals surface area (Å²) < 4.78 is 0. The summed E-state index contributed by atoms with van der Waals surface area (Å²) in [5.41, 5.74) is 2.17. The number of hydrogen-bond donors (Lipinski definition) is 1. The van der Waals surface area contributed by atoms with Crippen LogP contribution in [0.1, 0.15) is 18.9 Å². The number of allylic oxidation sites excluding steroid dienone is 2. The summed E-state index contributed by atoms with van der Waals surface area (Å²) in [6.07, 6.45) is 4.06. The van der Waals surface area contributed by atoms with E-state index in [-0.39, 0.29) is 12.5 Å². The molecule has 2 amide bonds. The number of nitrogens with zero attached hydrogens (tertiary/aromatic N) is 3. The van der Waals surface area contributed by atoms with Crippen molar-refractivity contribution in [3.05, 3.63) is 51.8 Å². The van der Waals surface area contributed by atoms with Gasteiger partial charge in [-0.1, -0.05) is 29.8 Å². The summed E-state index contributed by atoms with van der Waals surface area (Å²) in [5.74, 6) is -0.276. The van der Waals surface area contributed by atoms with Crippen LogP contribution in [-0.4, -0.2) is 41.1 Å². The lowest BCUT2D eigenvalue weighted by atomic mass is 10.2. The van der Waals surface area contributed by atoms with Crippen molar-refractivity contribution in [2.75, 3.05) is 13.1 Å². The number of rotatable bonds is 8. The van der Waals surface area contributed by atoms with Crippen LogP contribution in [0.4, 0.5) is 0 Å². The van der Waals surface area contributed by atoms with Gasteiger partial charge in [0.1, 0.15) is 17.3 Å². The molecule has 0 saturated carbocycles. The zero-order valence-corrected chi connectivity index (χ0v) is 16.0. The van der Waals surface area contributed by atoms with Crippen molar-refractivity contribution >= 4 is 41.0 Å². The highest BCUT2D eigenvalue weighted by Gasteiger charge is 2.12. The van der Waals surface area contributed by atoms with Gasteiger partial charge in [-0.15, -0.1) is 11.3 Å². The first kappa shape index (κ1) is 19.8. The lowest BCUT2D eigenvalue weighted by molar-refractivity contribution is -0.127. The minimum Gasteiger partial charge on any atom is -0.355 e. The number of thiazole rings is 1. The molecule has 0 saturated heterocycles. The van der Waals surface area contributed by atoms with Crippen LogP contribution in [0.3, 0.4) is 0 Å². The fourth-order valence-corrected chi connectivity index (χ4v) is 3.09. The number of likely N-dealkylation sites (N-methyl/N-ethyl adjacent to an activating group) is 1. The van der Waals surface area contributed by atoms with Crippen molar-refractivity contribution < 1.29 is 9.59 Å². The van der Waals surface area contributed by atoms with E-state index in [1.54, 1.807) is 18.2 Å². The number of halogens is 1. The Labute approximate surface area is 161 Å². The molecule has 0 aliphatic heterocycles. The predicted octanol–water partition coefficient (Wildman–Crippen LogP) is 3.34. The number of carbonyl (C=O) groups is 2. The van der Waals surface area contributed by atoms with E-state index in [0.29, 0.717) is 28.7 Å². The maximum absolute atomic E-state index is 11.7. The van der Waals surface area contributed by atoms with Crippen LogP contribution < -0.4 is 5.32 Å². The molecule has 1 heterocycles. The molecule has 0 unspecified atom stereocenters. The average molecular weight is 391 g/mol. The highest BCUT2D eigenvalue weighted by atomic mass is 35.5. The third-order valence-corrected chi connectivity index (χ3v) is 4.31. The lowest BCUT2D eigenvalue weighted by Crippen LogP contribution is -2.34. The van der Waals surface area contributed by atoms with Crippen molar-refractivity contribution in [1.29, 1.82) is 0 Å². The zero-order chi connectivity index (χ0) is 18.9. The number of benzene rings is 1. The normalized spacial score (nSPS) is 11.6. The van der Waals surface area contributed by atoms with Crippen molar-refractivity contribution in [3.8, 4) is 11.3 Å². The van der Waals surface area contributed by atoms with Crippen molar-refractivity contribution in [2.45, 2.75) is 13.8 Å². The van der Waals surface area contributed by atoms with Gasteiger partial charge in [0.05, 0.1) is 5.69 Å². The Morgan fingerprint density at radius 3 is 2.92 bits per heavy atom. The predicted molar refractivity (Wildman–Crippen MR) is 105 cm³/mol. The van der Waals surface area contributed by atoms with Gasteiger partial charge in [0.2, 0.25) is 12.3 Å². The third-order valence-electron chi connectivity index (χ3n) is 3.21. The molecular formula is C18H19ClN4O2S. The number of amides is 2. The summed E-state index contributed by atoms with van der Waals surface area (Å²) in [7, 11) is 0. The monoisotopic (exact) mass is 390 g/mol. The van der Waals surface area contributed by atoms with E-state index in [1.807, 2.05) is 37.4 Å². The van der Waals surface area contributed by atoms with Crippen molar-refractivity contribution in [3.63, 3.8) is 0 Å². The van der Waals surface area contributed by atoms with E-state index in [4.69, 9.17) is 11.6 Å². The second-order valence-electron chi connectivity index (χ2n) is 5.19. The summed E-state index contributed by atoms with van der Waals surface area (Å²) >= 11 is 7.43. The van der Waals surface area contributed by atoms with Gasteiger partial charge in [0.15, 0.2) is 0 Å². The first-order valence-electron chi connectivity index (χ1n) is 7.99. The highest BCUT2D eigenvalue weighted by molar-refractivity contribution is 7.12. The van der Waals surface area contributed by atoms with Crippen molar-refractivity contribution in [1.82, 2.24) is 15.3 Å². The Morgan fingerprint density at radius 1 is 1.46 bits per heavy atom. The first-order chi connectivity index (χ1) is 12.6. The Bertz CT molecular complexity index is 832. The quantitative estimate of drug-likeness (QED) is 0.426. The van der Waals surface area contributed by atoms with Crippen LogP contribution in [0.2, 0.25) is 5.02 Å². The minimum atomic E-state index is -0.276. The fraction of sp³-hybridized carbons (Fsp3) is 0.222. The van der Waals surface area contributed by atoms with Crippen molar-refractivity contribution in [2.24, 2.45) is 5.10 Å². The Balaban J connectivity index is 2.29. The molecule has 0 radical (unpaired) electrons. The molecule has 0 spiro atoms. The lowest BCUT2D eigenvalue weighted by Gasteiger charge is -2.11. The summed E-state index contributed by atoms with van der Waals surface area (Å²) in [4.78, 5) is 27.5. The van der Waals surface area contributed by atoms with E-state index >= 15 is 0 Å². The highest BCUT2D eigenvalue weighted by Crippen LogP contribution is 2.25. The number of hydrazone groups is 1. The summed E-state index contributed by atoms with van der Waals surface area (Å²) in [6.45, 7) is 4.00. The van der Waals surface area contributed by atoms with E-state index in [2.05, 4.69) is 15.4 Å². The van der Waals surface area contributed by atoms with Gasteiger partial charge in [0.25, 0.3) is 0 Å². The van der Waals surface area contributed by atoms with Gasteiger partial charge < -0.3 is 5.32 Å². The first-order valence-corrected chi connectivity index (χ1v) is 9.25. The van der Waals surface area contributed by atoms with Crippen LogP contribution >= 0.6 is 22.9 Å². The molecule has 8 heteroatoms. The van der Waals surface area contributed by atoms with Gasteiger partial charge in [-0.05, 0) is 32.1 Å². The summed E-state index contributed by atoms with van der Waals surface area (Å²) in [5, 5.41) is 11.1. The molecule has 0 fully saturated rings. The van der Waals surface area contributed by atoms with Crippen LogP contribution in [0.5, 0.6) is 0 Å². The minimum absolute atomic E-state index is 0.148. The molecule has 2 rings (SSSR count). The van der Waals surface area contributed by atoms with Gasteiger partial charge in [-0.25, -0.2) is 9.99 Å². The number of nitrogens with one attached hydrogen (secondary N) is 1. The molecule has 6 nitrogen and oxygen atoms in total. The smallest absolute Gasteiger partial charge is 0.241 e. The third kappa shape index (κ3) is 5.50. The van der Waals surface area contributed by atoms with E-state index in [0.717, 1.165) is 16.3 Å². The SMILES string of the molecule is C/C=C\C(=N/N(C=O)CC(=O)NCC)c1nc(-c2cccc(Cl)c2)cs1. The molecule has 26 heavy (non-hydrogen) atoms. The number of aromatic nitrogens is 1. The Hall–Kier alpha value is -2.51. The second kappa shape index (κ2) is 9.84. The van der Waals surface area contributed by atoms with E-state index in [1.165, 1.54) is 11.3 Å². The standard InChI is InChI=1S/C18H19ClN4O2S/c1-3-6-15(22-23(12-24)10-17(25)20-4-2)18-21-16(11-26-18)13-7-5-8-14(19)9-13/h3,5-9,11-12H,4,10H2,1-2H3,(H,20,25)/b6-3-,22-15+. The number of carbonyl (C=O) groups excluding carboxylic acids is 2. The fourth-order valence-electron chi connectivity index (χ4n) is 2.11. The molecule has 0 aliphatic rings.